The number of nitrogens with zero attached hydrogens (tertiary/aromatic N) is 6. The molecule has 0 aliphatic heterocycles. The van der Waals surface area contributed by atoms with Crippen molar-refractivity contribution in [2.24, 2.45) is 21.5 Å². The Morgan fingerprint density at radius 1 is 0.481 bits per heavy atom. The molecule has 0 aliphatic rings. The van der Waals surface area contributed by atoms with Crippen molar-refractivity contribution in [2.45, 2.75) is 51.4 Å². The molecule has 4 aromatic rings. The lowest BCUT2D eigenvalue weighted by molar-refractivity contribution is 0.0377. The zero-order valence-corrected chi connectivity index (χ0v) is 47.0. The topological polar surface area (TPSA) is 414 Å². The minimum atomic E-state index is -0.688. The van der Waals surface area contributed by atoms with E-state index in [0.717, 1.165) is 61.2 Å². The van der Waals surface area contributed by atoms with E-state index < -0.39 is 11.8 Å². The third kappa shape index (κ3) is 27.8. The van der Waals surface area contributed by atoms with Gasteiger partial charge in [0, 0.05) is 46.3 Å². The van der Waals surface area contributed by atoms with Crippen LogP contribution in [0.2, 0.25) is 10.3 Å². The highest BCUT2D eigenvalue weighted by Crippen LogP contribution is 2.21. The van der Waals surface area contributed by atoms with E-state index >= 15 is 0 Å². The number of nitrogens with one attached hydrogen (secondary N) is 7. The average molecular weight is 1170 g/mol. The molecule has 2 heterocycles. The highest BCUT2D eigenvalue weighted by molar-refractivity contribution is 6.32. The Hall–Kier alpha value is -7.76. The van der Waals surface area contributed by atoms with Crippen molar-refractivity contribution in [1.82, 2.24) is 51.8 Å². The van der Waals surface area contributed by atoms with Gasteiger partial charge in [-0.15, -0.1) is 0 Å². The predicted octanol–water partition coefficient (Wildman–Crippen LogP) is 2.40. The summed E-state index contributed by atoms with van der Waals surface area (Å²) in [4.78, 5) is 72.9. The molecule has 17 N–H and O–H groups in total. The van der Waals surface area contributed by atoms with Crippen molar-refractivity contribution in [3.8, 4) is 11.5 Å². The summed E-state index contributed by atoms with van der Waals surface area (Å²) in [5, 5.41) is 18.5. The number of amides is 6. The molecule has 28 nitrogen and oxygen atoms in total. The number of hydrogen-bond acceptors (Lipinski definition) is 20. The van der Waals surface area contributed by atoms with Crippen LogP contribution in [0.15, 0.2) is 58.5 Å². The zero-order valence-electron chi connectivity index (χ0n) is 45.5. The molecule has 2 aromatic carbocycles. The Morgan fingerprint density at radius 2 is 0.877 bits per heavy atom. The molecule has 0 fully saturated rings. The lowest BCUT2D eigenvalue weighted by atomic mass is 10.1. The first-order valence-corrected chi connectivity index (χ1v) is 27.1. The minimum absolute atomic E-state index is 0.00817. The highest BCUT2D eigenvalue weighted by Gasteiger charge is 2.18. The molecule has 0 saturated heterocycles. The van der Waals surface area contributed by atoms with Crippen LogP contribution in [0.1, 0.15) is 70.6 Å². The summed E-state index contributed by atoms with van der Waals surface area (Å²) in [6.07, 6.45) is 6.27. The number of aromatic nitrogens is 4. The predicted molar refractivity (Wildman–Crippen MR) is 310 cm³/mol. The van der Waals surface area contributed by atoms with Gasteiger partial charge in [0.2, 0.25) is 0 Å². The molecule has 0 spiro atoms. The Morgan fingerprint density at radius 3 is 1.32 bits per heavy atom. The number of ether oxygens (including phenoxy) is 6. The molecule has 81 heavy (non-hydrogen) atoms. The number of carbonyl (C=O) groups excluding carboxylic acids is 4. The number of halogens is 2. The summed E-state index contributed by atoms with van der Waals surface area (Å²) in [6, 6.07) is 15.1. The molecule has 0 bridgehead atoms. The fraction of sp³-hybridized carbons (Fsp3) is 0.490. The van der Waals surface area contributed by atoms with Crippen LogP contribution in [0.3, 0.4) is 0 Å². The van der Waals surface area contributed by atoms with Crippen LogP contribution in [0.25, 0.3) is 0 Å². The van der Waals surface area contributed by atoms with Crippen molar-refractivity contribution in [3.05, 3.63) is 81.4 Å². The third-order valence-electron chi connectivity index (χ3n) is 11.1. The molecule has 0 unspecified atom stereocenters. The molecule has 6 amide bonds. The second-order valence-electron chi connectivity index (χ2n) is 17.3. The van der Waals surface area contributed by atoms with Gasteiger partial charge in [0.15, 0.2) is 56.9 Å². The van der Waals surface area contributed by atoms with Crippen molar-refractivity contribution < 1.29 is 47.6 Å². The molecular weight excluding hydrogens is 1100 g/mol. The van der Waals surface area contributed by atoms with Gasteiger partial charge < -0.3 is 83.7 Å². The number of aryl methyl sites for hydroxylation is 2. The number of nitrogens with two attached hydrogens (primary N) is 5. The van der Waals surface area contributed by atoms with Gasteiger partial charge in [-0.3, -0.25) is 30.2 Å². The molecule has 0 aliphatic carbocycles. The van der Waals surface area contributed by atoms with Crippen LogP contribution in [0.4, 0.5) is 32.9 Å². The quantitative estimate of drug-likeness (QED) is 0.0174. The van der Waals surface area contributed by atoms with Gasteiger partial charge in [0.1, 0.15) is 24.7 Å². The number of urea groups is 2. The van der Waals surface area contributed by atoms with Crippen LogP contribution in [-0.4, -0.2) is 168 Å². The van der Waals surface area contributed by atoms with Gasteiger partial charge in [-0.25, -0.2) is 29.5 Å². The summed E-state index contributed by atoms with van der Waals surface area (Å²) >= 11 is 11.8. The van der Waals surface area contributed by atoms with E-state index in [0.29, 0.717) is 118 Å². The van der Waals surface area contributed by atoms with Gasteiger partial charge in [-0.2, -0.15) is 0 Å². The number of nitrogen functional groups attached to an aromatic ring is 3. The molecule has 0 saturated carbocycles. The van der Waals surface area contributed by atoms with E-state index in [1.165, 1.54) is 0 Å². The van der Waals surface area contributed by atoms with Gasteiger partial charge in [-0.05, 0) is 86.8 Å². The average Bonchev–Trinajstić information content (AvgIpc) is 3.46. The number of hydrogen-bond donors (Lipinski definition) is 12. The molecule has 2 aromatic heterocycles. The maximum atomic E-state index is 12.5. The third-order valence-corrected chi connectivity index (χ3v) is 11.6. The van der Waals surface area contributed by atoms with Crippen LogP contribution in [0, 0.1) is 0 Å². The van der Waals surface area contributed by atoms with Crippen molar-refractivity contribution in [2.75, 3.05) is 135 Å². The lowest BCUT2D eigenvalue weighted by Gasteiger charge is -2.10. The first-order chi connectivity index (χ1) is 39.2. The lowest BCUT2D eigenvalue weighted by Crippen LogP contribution is -2.39. The van der Waals surface area contributed by atoms with Crippen LogP contribution >= 0.6 is 23.2 Å². The Kier molecular flexibility index (Phi) is 31.5. The van der Waals surface area contributed by atoms with Crippen molar-refractivity contribution in [3.63, 3.8) is 0 Å². The second kappa shape index (κ2) is 38.8. The first-order valence-electron chi connectivity index (χ1n) is 26.3. The Labute approximate surface area is 480 Å². The zero-order chi connectivity index (χ0) is 58.5. The number of anilines is 4. The van der Waals surface area contributed by atoms with Crippen LogP contribution < -0.4 is 75.4 Å². The van der Waals surface area contributed by atoms with Crippen LogP contribution in [-0.2, 0) is 31.8 Å². The normalized spacial score (nSPS) is 11.4. The van der Waals surface area contributed by atoms with E-state index in [1.807, 2.05) is 48.5 Å². The molecule has 0 atom stereocenters. The monoisotopic (exact) mass is 1170 g/mol. The second-order valence-corrected chi connectivity index (χ2v) is 18.1. The van der Waals surface area contributed by atoms with E-state index in [1.54, 1.807) is 7.05 Å². The number of aliphatic imine (C=N–C) groups is 2. The van der Waals surface area contributed by atoms with Gasteiger partial charge >= 0.3 is 12.1 Å². The first kappa shape index (κ1) is 65.8. The standard InChI is InChI=1S/C51H76Cl2N18O10/c1-59-45-41(53)67-39(43(55)69-45)47(73)71-49(58)61-19-5-3-9-35-12-16-37(17-13-35)81-33-31-79-29-27-77-25-23-65-51(75)63-21-7-6-20-62-50(74)64-22-24-76-26-28-78-30-32-80-36-14-10-34(11-15-36)8-2-4-18-60-48(57)70-46(72)38-42(54)68-44(56)40(52)66-38/h10-17H,2-9,18-33H2,1H3,(H4,54,56,68)(H3,55,59,69)(H2,62,64,74)(H2,63,65,75)(H3,57,60,70,72)(H3,58,61,71,73). The smallest absolute Gasteiger partial charge is 0.314 e. The Balaban J connectivity index is 0.848. The van der Waals surface area contributed by atoms with Gasteiger partial charge in [-0.1, -0.05) is 47.5 Å². The maximum Gasteiger partial charge on any atom is 0.314 e. The molecule has 30 heteroatoms. The maximum absolute atomic E-state index is 12.5. The van der Waals surface area contributed by atoms with E-state index in [2.05, 4.69) is 67.1 Å². The van der Waals surface area contributed by atoms with E-state index in [-0.39, 0.29) is 68.9 Å². The summed E-state index contributed by atoms with van der Waals surface area (Å²) in [5.74, 6) is -0.0740. The molecular formula is C51H76Cl2N18O10. The van der Waals surface area contributed by atoms with Crippen LogP contribution in [0.5, 0.6) is 11.5 Å². The summed E-state index contributed by atoms with van der Waals surface area (Å²) in [6.45, 7) is 6.22. The number of benzene rings is 2. The van der Waals surface area contributed by atoms with Crippen molar-refractivity contribution in [1.29, 1.82) is 0 Å². The van der Waals surface area contributed by atoms with Crippen molar-refractivity contribution >= 4 is 82.3 Å². The fourth-order valence-electron chi connectivity index (χ4n) is 6.91. The number of unbranched alkanes of at least 4 members (excludes halogenated alkanes) is 3. The van der Waals surface area contributed by atoms with E-state index in [9.17, 15) is 19.2 Å². The summed E-state index contributed by atoms with van der Waals surface area (Å²) < 4.78 is 33.7. The summed E-state index contributed by atoms with van der Waals surface area (Å²) in [5.41, 5.74) is 30.7. The molecule has 444 valence electrons. The van der Waals surface area contributed by atoms with Gasteiger partial charge in [0.25, 0.3) is 11.8 Å². The SMILES string of the molecule is CNc1nc(N)c(C(=O)NC(N)=NCCCCc2ccc(OCCOCCOCCNC(=O)NCCCCNC(=O)NCCOCCOCCOc3ccc(CCCCN=C(N)NC(=O)c4nc(Cl)c(N)nc4N)cc3)cc2)nc1Cl. The Bertz CT molecular complexity index is 2610. The number of guanidine groups is 2. The fourth-order valence-corrected chi connectivity index (χ4v) is 7.26. The van der Waals surface area contributed by atoms with E-state index in [4.69, 9.17) is 80.3 Å². The molecule has 0 radical (unpaired) electrons. The largest absolute Gasteiger partial charge is 0.491 e. The van der Waals surface area contributed by atoms with Gasteiger partial charge in [0.05, 0.1) is 52.9 Å². The highest BCUT2D eigenvalue weighted by atomic mass is 35.5. The number of carbonyl (C=O) groups is 4. The summed E-state index contributed by atoms with van der Waals surface area (Å²) in [7, 11) is 1.61. The molecule has 4 rings (SSSR count). The minimum Gasteiger partial charge on any atom is -0.491 e. The number of rotatable bonds is 38.